The molecular weight excluding hydrogens is 326 g/mol. The predicted molar refractivity (Wildman–Crippen MR) is 103 cm³/mol. The number of carbonyl (C=O) groups is 1. The van der Waals surface area contributed by atoms with E-state index in [4.69, 9.17) is 4.74 Å². The Morgan fingerprint density at radius 2 is 1.81 bits per heavy atom. The summed E-state index contributed by atoms with van der Waals surface area (Å²) in [6, 6.07) is 0.961. The van der Waals surface area contributed by atoms with Gasteiger partial charge in [-0.1, -0.05) is 19.3 Å². The third-order valence-electron chi connectivity index (χ3n) is 7.09. The lowest BCUT2D eigenvalue weighted by Crippen LogP contribution is -2.75. The minimum Gasteiger partial charge on any atom is -0.375 e. The molecule has 1 atom stereocenters. The molecule has 2 heterocycles. The van der Waals surface area contributed by atoms with Crippen LogP contribution in [0.4, 0.5) is 4.79 Å². The molecule has 1 N–H and O–H groups in total. The zero-order valence-electron chi connectivity index (χ0n) is 16.7. The highest BCUT2D eigenvalue weighted by atomic mass is 16.5. The van der Waals surface area contributed by atoms with Crippen molar-refractivity contribution in [1.29, 1.82) is 0 Å². The van der Waals surface area contributed by atoms with E-state index in [9.17, 15) is 4.79 Å². The number of nitrogens with zero attached hydrogens (tertiary/aromatic N) is 2. The summed E-state index contributed by atoms with van der Waals surface area (Å²) in [5.41, 5.74) is 0.320. The van der Waals surface area contributed by atoms with Gasteiger partial charge in [0.15, 0.2) is 0 Å². The monoisotopic (exact) mass is 363 g/mol. The molecule has 0 aromatic carbocycles. The number of likely N-dealkylation sites (tertiary alicyclic amines) is 2. The average Bonchev–Trinajstić information content (AvgIpc) is 3.46. The zero-order chi connectivity index (χ0) is 18.1. The van der Waals surface area contributed by atoms with Crippen molar-refractivity contribution >= 4 is 6.03 Å². The molecule has 26 heavy (non-hydrogen) atoms. The van der Waals surface area contributed by atoms with Gasteiger partial charge < -0.3 is 15.0 Å². The van der Waals surface area contributed by atoms with Crippen LogP contribution in [0.25, 0.3) is 0 Å². The van der Waals surface area contributed by atoms with Crippen LogP contribution in [0.2, 0.25) is 0 Å². The molecule has 1 unspecified atom stereocenters. The zero-order valence-corrected chi connectivity index (χ0v) is 16.7. The summed E-state index contributed by atoms with van der Waals surface area (Å²) in [5.74, 6) is 0.854. The number of rotatable bonds is 5. The molecule has 2 amide bonds. The van der Waals surface area contributed by atoms with E-state index in [2.05, 4.69) is 10.2 Å². The van der Waals surface area contributed by atoms with E-state index in [1.807, 2.05) is 18.7 Å². The lowest BCUT2D eigenvalue weighted by molar-refractivity contribution is -0.202. The summed E-state index contributed by atoms with van der Waals surface area (Å²) in [5, 5.41) is 3.03. The molecule has 0 aromatic heterocycles. The number of nitrogens with one attached hydrogen (secondary N) is 1. The average molecular weight is 364 g/mol. The molecule has 0 bridgehead atoms. The summed E-state index contributed by atoms with van der Waals surface area (Å²) in [6.45, 7) is 7.95. The van der Waals surface area contributed by atoms with Gasteiger partial charge in [0.2, 0.25) is 0 Å². The molecule has 4 aliphatic rings. The topological polar surface area (TPSA) is 44.8 Å². The van der Waals surface area contributed by atoms with Gasteiger partial charge in [-0.2, -0.15) is 0 Å². The van der Waals surface area contributed by atoms with Crippen molar-refractivity contribution in [2.75, 3.05) is 26.2 Å². The van der Waals surface area contributed by atoms with Crippen LogP contribution in [0.5, 0.6) is 0 Å². The first-order valence-corrected chi connectivity index (χ1v) is 11.0. The fourth-order valence-corrected chi connectivity index (χ4v) is 5.35. The van der Waals surface area contributed by atoms with Crippen molar-refractivity contribution in [3.63, 3.8) is 0 Å². The third-order valence-corrected chi connectivity index (χ3v) is 7.09. The molecule has 0 radical (unpaired) electrons. The second-order valence-electron chi connectivity index (χ2n) is 9.40. The predicted octanol–water partition coefficient (Wildman–Crippen LogP) is 3.38. The Labute approximate surface area is 158 Å². The SMILES string of the molecule is CC(C)NC(=O)N1CCC(N2CC(OCC3CC3)C23CCCCC3)CC1. The van der Waals surface area contributed by atoms with E-state index in [0.29, 0.717) is 17.7 Å². The maximum Gasteiger partial charge on any atom is 0.317 e. The number of carbonyl (C=O) groups excluding carboxylic acids is 1. The molecule has 2 saturated heterocycles. The third kappa shape index (κ3) is 3.75. The van der Waals surface area contributed by atoms with Crippen LogP contribution < -0.4 is 5.32 Å². The van der Waals surface area contributed by atoms with E-state index < -0.39 is 0 Å². The van der Waals surface area contributed by atoms with E-state index in [0.717, 1.165) is 45.0 Å². The Hall–Kier alpha value is -0.810. The van der Waals surface area contributed by atoms with Crippen molar-refractivity contribution in [2.24, 2.45) is 5.92 Å². The largest absolute Gasteiger partial charge is 0.375 e. The highest BCUT2D eigenvalue weighted by Crippen LogP contribution is 2.48. The van der Waals surface area contributed by atoms with Gasteiger partial charge in [0.1, 0.15) is 0 Å². The fourth-order valence-electron chi connectivity index (χ4n) is 5.35. The number of ether oxygens (including phenoxy) is 1. The smallest absolute Gasteiger partial charge is 0.317 e. The van der Waals surface area contributed by atoms with E-state index in [1.54, 1.807) is 0 Å². The normalized spacial score (nSPS) is 29.8. The summed E-state index contributed by atoms with van der Waals surface area (Å²) < 4.78 is 6.40. The van der Waals surface area contributed by atoms with Crippen molar-refractivity contribution in [1.82, 2.24) is 15.1 Å². The van der Waals surface area contributed by atoms with Gasteiger partial charge in [0.05, 0.1) is 6.10 Å². The molecule has 148 valence electrons. The molecule has 2 aliphatic heterocycles. The second kappa shape index (κ2) is 7.67. The standard InChI is InChI=1S/C21H37N3O2/c1-16(2)22-20(25)23-12-8-18(9-13-23)24-14-19(26-15-17-6-7-17)21(24)10-4-3-5-11-21/h16-19H,3-15H2,1-2H3,(H,22,25). The molecular formula is C21H37N3O2. The first-order chi connectivity index (χ1) is 12.6. The van der Waals surface area contributed by atoms with Crippen LogP contribution in [0.1, 0.15) is 71.6 Å². The Balaban J connectivity index is 1.33. The maximum atomic E-state index is 12.3. The molecule has 2 aliphatic carbocycles. The van der Waals surface area contributed by atoms with Gasteiger partial charge in [-0.05, 0) is 58.3 Å². The van der Waals surface area contributed by atoms with Crippen molar-refractivity contribution in [3.05, 3.63) is 0 Å². The summed E-state index contributed by atoms with van der Waals surface area (Å²) in [7, 11) is 0. The molecule has 5 nitrogen and oxygen atoms in total. The molecule has 2 saturated carbocycles. The Morgan fingerprint density at radius 1 is 1.12 bits per heavy atom. The Morgan fingerprint density at radius 3 is 2.42 bits per heavy atom. The summed E-state index contributed by atoms with van der Waals surface area (Å²) in [4.78, 5) is 17.0. The van der Waals surface area contributed by atoms with Crippen LogP contribution in [0, 0.1) is 5.92 Å². The lowest BCUT2D eigenvalue weighted by atomic mass is 9.69. The molecule has 0 aromatic rings. The minimum atomic E-state index is 0.111. The minimum absolute atomic E-state index is 0.111. The van der Waals surface area contributed by atoms with Crippen LogP contribution in [0.15, 0.2) is 0 Å². The van der Waals surface area contributed by atoms with E-state index >= 15 is 0 Å². The van der Waals surface area contributed by atoms with Crippen LogP contribution in [0.3, 0.4) is 0 Å². The lowest BCUT2D eigenvalue weighted by Gasteiger charge is -2.63. The number of hydrogen-bond acceptors (Lipinski definition) is 3. The van der Waals surface area contributed by atoms with Crippen molar-refractivity contribution in [3.8, 4) is 0 Å². The van der Waals surface area contributed by atoms with Crippen LogP contribution in [-0.2, 0) is 4.74 Å². The van der Waals surface area contributed by atoms with Gasteiger partial charge in [-0.3, -0.25) is 4.90 Å². The van der Waals surface area contributed by atoms with E-state index in [-0.39, 0.29) is 12.1 Å². The van der Waals surface area contributed by atoms with Gasteiger partial charge in [0, 0.05) is 43.9 Å². The number of piperidine rings is 1. The Bertz CT molecular complexity index is 491. The molecule has 5 heteroatoms. The highest BCUT2D eigenvalue weighted by Gasteiger charge is 2.56. The van der Waals surface area contributed by atoms with Crippen LogP contribution >= 0.6 is 0 Å². The first-order valence-electron chi connectivity index (χ1n) is 11.0. The Kier molecular flexibility index (Phi) is 5.47. The van der Waals surface area contributed by atoms with Crippen molar-refractivity contribution < 1.29 is 9.53 Å². The van der Waals surface area contributed by atoms with Gasteiger partial charge >= 0.3 is 6.03 Å². The van der Waals surface area contributed by atoms with Gasteiger partial charge in [-0.25, -0.2) is 4.79 Å². The fraction of sp³-hybridized carbons (Fsp3) is 0.952. The molecule has 1 spiro atoms. The van der Waals surface area contributed by atoms with Gasteiger partial charge in [0.25, 0.3) is 0 Å². The molecule has 4 fully saturated rings. The maximum absolute atomic E-state index is 12.3. The number of amides is 2. The summed E-state index contributed by atoms with van der Waals surface area (Å²) in [6.07, 6.45) is 12.2. The van der Waals surface area contributed by atoms with Crippen molar-refractivity contribution in [2.45, 2.75) is 95.4 Å². The second-order valence-corrected chi connectivity index (χ2v) is 9.40. The van der Waals surface area contributed by atoms with E-state index in [1.165, 1.54) is 44.9 Å². The number of hydrogen-bond donors (Lipinski definition) is 1. The number of urea groups is 1. The highest BCUT2D eigenvalue weighted by molar-refractivity contribution is 5.74. The molecule has 4 rings (SSSR count). The first kappa shape index (κ1) is 18.5. The summed E-state index contributed by atoms with van der Waals surface area (Å²) >= 11 is 0. The van der Waals surface area contributed by atoms with Gasteiger partial charge in [-0.15, -0.1) is 0 Å². The van der Waals surface area contributed by atoms with Crippen LogP contribution in [-0.4, -0.2) is 65.8 Å². The quantitative estimate of drug-likeness (QED) is 0.814.